The van der Waals surface area contributed by atoms with E-state index in [2.05, 4.69) is 19.8 Å². The van der Waals surface area contributed by atoms with E-state index in [-0.39, 0.29) is 19.6 Å². The third kappa shape index (κ3) is 2.48. The maximum Gasteiger partial charge on any atom is 0.328 e. The molecule has 1 atom stereocenters. The molecule has 2 rings (SSSR count). The monoisotopic (exact) mass is 234 g/mol. The van der Waals surface area contributed by atoms with Crippen molar-refractivity contribution >= 4 is 12.4 Å². The van der Waals surface area contributed by atoms with Crippen LogP contribution in [0.3, 0.4) is 0 Å². The van der Waals surface area contributed by atoms with Gasteiger partial charge >= 0.3 is 6.92 Å². The van der Waals surface area contributed by atoms with Gasteiger partial charge in [0.1, 0.15) is 5.75 Å². The predicted molar refractivity (Wildman–Crippen MR) is 69.0 cm³/mol. The summed E-state index contributed by atoms with van der Waals surface area (Å²) < 4.78 is 11.6. The van der Waals surface area contributed by atoms with Crippen LogP contribution in [0.2, 0.25) is 6.82 Å². The summed E-state index contributed by atoms with van der Waals surface area (Å²) in [6.07, 6.45) is 1.84. The molecule has 0 unspecified atom stereocenters. The van der Waals surface area contributed by atoms with Gasteiger partial charge in [-0.25, -0.2) is 0 Å². The average Bonchev–Trinajstić information content (AvgIpc) is 2.68. The zero-order valence-corrected chi connectivity index (χ0v) is 10.5. The molecule has 4 heteroatoms. The Hall–Kier alpha value is -0.995. The lowest BCUT2D eigenvalue weighted by atomic mass is 9.63. The van der Waals surface area contributed by atoms with Gasteiger partial charge in [-0.1, -0.05) is 25.9 Å². The van der Waals surface area contributed by atoms with Crippen LogP contribution >= 0.6 is 0 Å². The van der Waals surface area contributed by atoms with Crippen LogP contribution in [0.5, 0.6) is 5.75 Å². The minimum absolute atomic E-state index is 0.0975. The van der Waals surface area contributed by atoms with Crippen molar-refractivity contribution < 1.29 is 14.5 Å². The van der Waals surface area contributed by atoms with Crippen molar-refractivity contribution in [1.82, 2.24) is 0 Å². The minimum atomic E-state index is 0.0975. The van der Waals surface area contributed by atoms with E-state index in [9.17, 15) is 0 Å². The van der Waals surface area contributed by atoms with Gasteiger partial charge in [0.2, 0.25) is 0 Å². The molecule has 0 saturated heterocycles. The number of aliphatic hydroxyl groups is 1. The lowest BCUT2D eigenvalue weighted by Crippen LogP contribution is -2.26. The fraction of sp³-hybridized carbons (Fsp3) is 0.538. The first-order chi connectivity index (χ1) is 8.27. The molecule has 0 aliphatic carbocycles. The normalized spacial score (nSPS) is 18.3. The molecule has 1 N–H and O–H groups in total. The fourth-order valence-electron chi connectivity index (χ4n) is 2.35. The Morgan fingerprint density at radius 3 is 3.00 bits per heavy atom. The fourth-order valence-corrected chi connectivity index (χ4v) is 2.35. The molecule has 0 radical (unpaired) electrons. The highest BCUT2D eigenvalue weighted by Gasteiger charge is 2.33. The number of hydrogen-bond donors (Lipinski definition) is 1. The lowest BCUT2D eigenvalue weighted by Gasteiger charge is -2.11. The molecule has 1 heterocycles. The number of rotatable bonds is 5. The van der Waals surface area contributed by atoms with Gasteiger partial charge in [-0.2, -0.15) is 0 Å². The molecule has 0 amide bonds. The van der Waals surface area contributed by atoms with Gasteiger partial charge in [0.05, 0.1) is 12.7 Å². The number of aliphatic hydroxyl groups excluding tert-OH is 1. The first-order valence-electron chi connectivity index (χ1n) is 6.29. The third-order valence-corrected chi connectivity index (χ3v) is 3.15. The summed E-state index contributed by atoms with van der Waals surface area (Å²) in [6.45, 7) is 5.01. The van der Waals surface area contributed by atoms with E-state index in [1.54, 1.807) is 0 Å². The zero-order chi connectivity index (χ0) is 12.3. The predicted octanol–water partition coefficient (Wildman–Crippen LogP) is 1.76. The molecule has 1 aliphatic rings. The second-order valence-electron chi connectivity index (χ2n) is 4.36. The molecular weight excluding hydrogens is 215 g/mol. The Balaban J connectivity index is 2.21. The van der Waals surface area contributed by atoms with Crippen molar-refractivity contribution in [2.45, 2.75) is 32.7 Å². The summed E-state index contributed by atoms with van der Waals surface area (Å²) in [4.78, 5) is 0. The van der Waals surface area contributed by atoms with Crippen LogP contribution in [0.15, 0.2) is 18.2 Å². The van der Waals surface area contributed by atoms with Gasteiger partial charge in [0, 0.05) is 13.0 Å². The maximum atomic E-state index is 8.77. The van der Waals surface area contributed by atoms with Crippen LogP contribution in [-0.4, -0.2) is 25.2 Å². The first-order valence-corrected chi connectivity index (χ1v) is 6.29. The number of hydrogen-bond acceptors (Lipinski definition) is 3. The molecule has 3 nitrogen and oxygen atoms in total. The maximum absolute atomic E-state index is 8.77. The van der Waals surface area contributed by atoms with Gasteiger partial charge < -0.3 is 14.5 Å². The topological polar surface area (TPSA) is 38.7 Å². The number of fused-ring (bicyclic) bond motifs is 1. The summed E-state index contributed by atoms with van der Waals surface area (Å²) in [7, 11) is 0. The third-order valence-electron chi connectivity index (χ3n) is 3.15. The van der Waals surface area contributed by atoms with Crippen LogP contribution in [0.25, 0.3) is 0 Å². The highest BCUT2D eigenvalue weighted by Crippen LogP contribution is 2.30. The van der Waals surface area contributed by atoms with Crippen LogP contribution in [0.1, 0.15) is 31.4 Å². The average molecular weight is 234 g/mol. The molecule has 0 spiro atoms. The summed E-state index contributed by atoms with van der Waals surface area (Å²) in [6, 6.07) is 6.11. The van der Waals surface area contributed by atoms with Gasteiger partial charge in [-0.15, -0.1) is 0 Å². The highest BCUT2D eigenvalue weighted by molar-refractivity contribution is 6.68. The molecule has 1 aromatic rings. The molecule has 0 saturated carbocycles. The highest BCUT2D eigenvalue weighted by atomic mass is 16.5. The second kappa shape index (κ2) is 5.56. The largest absolute Gasteiger partial charge is 0.494 e. The van der Waals surface area contributed by atoms with Crippen LogP contribution < -0.4 is 10.2 Å². The summed E-state index contributed by atoms with van der Waals surface area (Å²) in [5.74, 6) is 0.902. The molecule has 17 heavy (non-hydrogen) atoms. The van der Waals surface area contributed by atoms with Crippen molar-refractivity contribution in [2.75, 3.05) is 13.2 Å². The van der Waals surface area contributed by atoms with E-state index in [0.717, 1.165) is 12.2 Å². The van der Waals surface area contributed by atoms with E-state index in [1.807, 2.05) is 12.1 Å². The summed E-state index contributed by atoms with van der Waals surface area (Å²) in [5, 5.41) is 8.77. The van der Waals surface area contributed by atoms with E-state index in [0.29, 0.717) is 13.0 Å². The van der Waals surface area contributed by atoms with Crippen molar-refractivity contribution in [3.8, 4) is 5.75 Å². The molecule has 0 bridgehead atoms. The first kappa shape index (κ1) is 12.5. The lowest BCUT2D eigenvalue weighted by molar-refractivity contribution is 0.221. The molecule has 1 aliphatic heterocycles. The van der Waals surface area contributed by atoms with E-state index >= 15 is 0 Å². The molecule has 92 valence electrons. The summed E-state index contributed by atoms with van der Waals surface area (Å²) >= 11 is 0. The summed E-state index contributed by atoms with van der Waals surface area (Å²) in [5.41, 5.74) is 2.43. The SMILES string of the molecule is CC[C@H]1OB(C)c2c(OCCCO)cccc21. The van der Waals surface area contributed by atoms with Crippen LogP contribution in [0, 0.1) is 0 Å². The molecular formula is C13H19BO3. The Bertz CT molecular complexity index is 381. The van der Waals surface area contributed by atoms with E-state index in [4.69, 9.17) is 14.5 Å². The molecule has 0 fully saturated rings. The Morgan fingerprint density at radius 2 is 2.29 bits per heavy atom. The minimum Gasteiger partial charge on any atom is -0.494 e. The van der Waals surface area contributed by atoms with Crippen LogP contribution in [0.4, 0.5) is 0 Å². The standard InChI is InChI=1S/C13H19BO3/c1-3-11-10-6-4-7-12(16-9-5-8-15)13(10)14(2)17-11/h4,6-7,11,15H,3,5,8-9H2,1-2H3/t11-/m1/s1. The van der Waals surface area contributed by atoms with Crippen molar-refractivity contribution in [3.63, 3.8) is 0 Å². The van der Waals surface area contributed by atoms with Crippen molar-refractivity contribution in [1.29, 1.82) is 0 Å². The quantitative estimate of drug-likeness (QED) is 0.623. The zero-order valence-electron chi connectivity index (χ0n) is 10.5. The number of benzene rings is 1. The van der Waals surface area contributed by atoms with Gasteiger partial charge in [0.25, 0.3) is 0 Å². The second-order valence-corrected chi connectivity index (χ2v) is 4.36. The van der Waals surface area contributed by atoms with E-state index in [1.165, 1.54) is 11.0 Å². The Morgan fingerprint density at radius 1 is 1.47 bits per heavy atom. The Kier molecular flexibility index (Phi) is 4.08. The Labute approximate surface area is 103 Å². The van der Waals surface area contributed by atoms with Gasteiger partial charge in [0.15, 0.2) is 0 Å². The molecule has 0 aromatic heterocycles. The van der Waals surface area contributed by atoms with Gasteiger partial charge in [-0.3, -0.25) is 0 Å². The van der Waals surface area contributed by atoms with Crippen LogP contribution in [-0.2, 0) is 4.65 Å². The van der Waals surface area contributed by atoms with Crippen molar-refractivity contribution in [3.05, 3.63) is 23.8 Å². The smallest absolute Gasteiger partial charge is 0.328 e. The van der Waals surface area contributed by atoms with E-state index < -0.39 is 0 Å². The molecule has 1 aromatic carbocycles. The number of ether oxygens (including phenoxy) is 1. The van der Waals surface area contributed by atoms with Gasteiger partial charge in [-0.05, 0) is 23.5 Å². The van der Waals surface area contributed by atoms with Crippen molar-refractivity contribution in [2.24, 2.45) is 0 Å².